The third-order valence-corrected chi connectivity index (χ3v) is 3.36. The monoisotopic (exact) mass is 264 g/mol. The summed E-state index contributed by atoms with van der Waals surface area (Å²) in [6, 6.07) is 2.85. The molecule has 7 heteroatoms. The van der Waals surface area contributed by atoms with Crippen molar-refractivity contribution in [3.63, 3.8) is 0 Å². The fraction of sp³-hybridized carbons (Fsp3) is 0.400. The van der Waals surface area contributed by atoms with Crippen molar-refractivity contribution < 1.29 is 17.2 Å². The molecule has 0 bridgehead atoms. The Labute approximate surface area is 98.9 Å². The number of benzene rings is 1. The number of halogens is 2. The predicted octanol–water partition coefficient (Wildman–Crippen LogP) is 0.980. The average Bonchev–Trinajstić information content (AvgIpc) is 2.13. The van der Waals surface area contributed by atoms with Gasteiger partial charge in [0, 0.05) is 12.1 Å². The molecule has 0 unspecified atom stereocenters. The molecule has 1 rings (SSSR count). The van der Waals surface area contributed by atoms with E-state index in [1.54, 1.807) is 13.8 Å². The van der Waals surface area contributed by atoms with Crippen molar-refractivity contribution in [2.75, 3.05) is 6.54 Å². The van der Waals surface area contributed by atoms with Crippen molar-refractivity contribution in [3.05, 3.63) is 29.8 Å². The van der Waals surface area contributed by atoms with Gasteiger partial charge < -0.3 is 5.73 Å². The molecule has 0 heterocycles. The molecule has 17 heavy (non-hydrogen) atoms. The van der Waals surface area contributed by atoms with Crippen molar-refractivity contribution in [2.45, 2.75) is 24.3 Å². The summed E-state index contributed by atoms with van der Waals surface area (Å²) in [6.45, 7) is 3.06. The molecule has 0 saturated carbocycles. The third-order valence-electron chi connectivity index (χ3n) is 1.91. The van der Waals surface area contributed by atoms with Crippen molar-refractivity contribution >= 4 is 10.0 Å². The minimum Gasteiger partial charge on any atom is -0.324 e. The first kappa shape index (κ1) is 14.0. The maximum atomic E-state index is 13.3. The maximum absolute atomic E-state index is 13.3. The van der Waals surface area contributed by atoms with Crippen molar-refractivity contribution in [3.8, 4) is 0 Å². The second-order valence-corrected chi connectivity index (χ2v) is 6.07. The summed E-state index contributed by atoms with van der Waals surface area (Å²) in [6.07, 6.45) is 0. The van der Waals surface area contributed by atoms with Gasteiger partial charge in [0.25, 0.3) is 0 Å². The van der Waals surface area contributed by atoms with Gasteiger partial charge in [0.2, 0.25) is 10.0 Å². The summed E-state index contributed by atoms with van der Waals surface area (Å²) >= 11 is 0. The number of hydrogen-bond donors (Lipinski definition) is 2. The van der Waals surface area contributed by atoms with Crippen LogP contribution in [-0.2, 0) is 10.0 Å². The zero-order chi connectivity index (χ0) is 13.3. The molecule has 0 aromatic heterocycles. The second kappa shape index (κ2) is 4.67. The molecular formula is C10H14F2N2O2S. The minimum absolute atomic E-state index is 0.122. The Morgan fingerprint density at radius 1 is 1.29 bits per heavy atom. The van der Waals surface area contributed by atoms with Crippen molar-refractivity contribution in [1.29, 1.82) is 0 Å². The average molecular weight is 264 g/mol. The van der Waals surface area contributed by atoms with E-state index in [2.05, 4.69) is 4.72 Å². The molecule has 0 aliphatic heterocycles. The number of rotatable bonds is 4. The first-order valence-corrected chi connectivity index (χ1v) is 6.34. The van der Waals surface area contributed by atoms with Crippen LogP contribution in [0.15, 0.2) is 23.1 Å². The zero-order valence-corrected chi connectivity index (χ0v) is 10.3. The summed E-state index contributed by atoms with van der Waals surface area (Å²) in [4.78, 5) is -0.982. The van der Waals surface area contributed by atoms with E-state index in [0.717, 1.165) is 18.2 Å². The topological polar surface area (TPSA) is 72.2 Å². The molecule has 1 aromatic carbocycles. The van der Waals surface area contributed by atoms with Crippen LogP contribution in [0, 0.1) is 11.6 Å². The second-order valence-electron chi connectivity index (χ2n) is 4.36. The lowest BCUT2D eigenvalue weighted by atomic mass is 10.1. The Morgan fingerprint density at radius 3 is 2.18 bits per heavy atom. The Balaban J connectivity index is 3.06. The largest absolute Gasteiger partial charge is 0.324 e. The highest BCUT2D eigenvalue weighted by molar-refractivity contribution is 7.89. The first-order valence-electron chi connectivity index (χ1n) is 4.86. The lowest BCUT2D eigenvalue weighted by Crippen LogP contribution is -2.45. The highest BCUT2D eigenvalue weighted by Gasteiger charge is 2.25. The Bertz CT molecular complexity index is 489. The van der Waals surface area contributed by atoms with Crippen LogP contribution in [0.2, 0.25) is 0 Å². The number of nitrogens with one attached hydrogen (secondary N) is 1. The van der Waals surface area contributed by atoms with Gasteiger partial charge >= 0.3 is 0 Å². The van der Waals surface area contributed by atoms with E-state index in [9.17, 15) is 17.2 Å². The van der Waals surface area contributed by atoms with Crippen LogP contribution in [-0.4, -0.2) is 20.5 Å². The molecular weight excluding hydrogens is 250 g/mol. The fourth-order valence-corrected chi connectivity index (χ4v) is 2.45. The number of sulfonamides is 1. The summed E-state index contributed by atoms with van der Waals surface area (Å²) in [7, 11) is -4.23. The van der Waals surface area contributed by atoms with E-state index >= 15 is 0 Å². The van der Waals surface area contributed by atoms with E-state index in [-0.39, 0.29) is 6.54 Å². The Morgan fingerprint density at radius 2 is 1.76 bits per heavy atom. The van der Waals surface area contributed by atoms with Crippen LogP contribution in [0.3, 0.4) is 0 Å². The summed E-state index contributed by atoms with van der Waals surface area (Å²) in [5.41, 5.74) is 4.77. The number of nitrogens with two attached hydrogens (primary N) is 1. The molecule has 0 saturated heterocycles. The SMILES string of the molecule is CC(C)(N)CNS(=O)(=O)c1c(F)cccc1F. The van der Waals surface area contributed by atoms with Gasteiger partial charge in [-0.05, 0) is 26.0 Å². The maximum Gasteiger partial charge on any atom is 0.246 e. The van der Waals surface area contributed by atoms with Gasteiger partial charge in [-0.3, -0.25) is 0 Å². The van der Waals surface area contributed by atoms with Crippen LogP contribution in [0.1, 0.15) is 13.8 Å². The van der Waals surface area contributed by atoms with E-state index < -0.39 is 32.1 Å². The molecule has 0 atom stereocenters. The van der Waals surface area contributed by atoms with Gasteiger partial charge in [-0.2, -0.15) is 0 Å². The van der Waals surface area contributed by atoms with Gasteiger partial charge in [0.1, 0.15) is 11.6 Å². The molecule has 3 N–H and O–H groups in total. The molecule has 0 spiro atoms. The molecule has 4 nitrogen and oxygen atoms in total. The molecule has 0 radical (unpaired) electrons. The van der Waals surface area contributed by atoms with Crippen LogP contribution in [0.25, 0.3) is 0 Å². The van der Waals surface area contributed by atoms with Crippen LogP contribution >= 0.6 is 0 Å². The van der Waals surface area contributed by atoms with Crippen molar-refractivity contribution in [2.24, 2.45) is 5.73 Å². The Kier molecular flexibility index (Phi) is 3.85. The lowest BCUT2D eigenvalue weighted by Gasteiger charge is -2.19. The summed E-state index contributed by atoms with van der Waals surface area (Å²) in [5.74, 6) is -2.26. The number of hydrogen-bond acceptors (Lipinski definition) is 3. The molecule has 0 fully saturated rings. The Hall–Kier alpha value is -1.05. The highest BCUT2D eigenvalue weighted by atomic mass is 32.2. The van der Waals surface area contributed by atoms with Crippen molar-refractivity contribution in [1.82, 2.24) is 4.72 Å². The highest BCUT2D eigenvalue weighted by Crippen LogP contribution is 2.18. The molecule has 0 amide bonds. The molecule has 1 aromatic rings. The third kappa shape index (κ3) is 3.72. The minimum atomic E-state index is -4.23. The van der Waals surface area contributed by atoms with Gasteiger partial charge in [-0.25, -0.2) is 21.9 Å². The van der Waals surface area contributed by atoms with Gasteiger partial charge in [0.15, 0.2) is 4.90 Å². The zero-order valence-electron chi connectivity index (χ0n) is 9.50. The van der Waals surface area contributed by atoms with E-state index in [4.69, 9.17) is 5.73 Å². The normalized spacial score (nSPS) is 12.8. The molecule has 0 aliphatic rings. The standard InChI is InChI=1S/C10H14F2N2O2S/c1-10(2,13)6-14-17(15,16)9-7(11)4-3-5-8(9)12/h3-5,14H,6,13H2,1-2H3. The lowest BCUT2D eigenvalue weighted by molar-refractivity contribution is 0.484. The summed E-state index contributed by atoms with van der Waals surface area (Å²) in [5, 5.41) is 0. The van der Waals surface area contributed by atoms with Gasteiger partial charge in [0.05, 0.1) is 0 Å². The van der Waals surface area contributed by atoms with E-state index in [1.807, 2.05) is 0 Å². The van der Waals surface area contributed by atoms with Crippen LogP contribution < -0.4 is 10.5 Å². The fourth-order valence-electron chi connectivity index (χ4n) is 1.09. The van der Waals surface area contributed by atoms with E-state index in [0.29, 0.717) is 0 Å². The van der Waals surface area contributed by atoms with Gasteiger partial charge in [-0.1, -0.05) is 6.07 Å². The van der Waals surface area contributed by atoms with Crippen LogP contribution in [0.4, 0.5) is 8.78 Å². The van der Waals surface area contributed by atoms with E-state index in [1.165, 1.54) is 0 Å². The molecule has 0 aliphatic carbocycles. The van der Waals surface area contributed by atoms with Gasteiger partial charge in [-0.15, -0.1) is 0 Å². The summed E-state index contributed by atoms with van der Waals surface area (Å²) < 4.78 is 52.0. The molecule has 96 valence electrons. The predicted molar refractivity (Wildman–Crippen MR) is 59.8 cm³/mol. The quantitative estimate of drug-likeness (QED) is 0.851. The smallest absolute Gasteiger partial charge is 0.246 e. The van der Waals surface area contributed by atoms with Crippen LogP contribution in [0.5, 0.6) is 0 Å². The first-order chi connectivity index (χ1) is 7.63.